The number of hydrogen-bond acceptors (Lipinski definition) is 8. The number of esters is 1. The maximum atomic E-state index is 11.8. The van der Waals surface area contributed by atoms with Crippen LogP contribution in [0.1, 0.15) is 33.5 Å². The van der Waals surface area contributed by atoms with Crippen molar-refractivity contribution < 1.29 is 9.53 Å². The van der Waals surface area contributed by atoms with Crippen LogP contribution < -0.4 is 5.73 Å². The third-order valence-electron chi connectivity index (χ3n) is 6.33. The zero-order valence-electron chi connectivity index (χ0n) is 18.4. The van der Waals surface area contributed by atoms with E-state index in [2.05, 4.69) is 33.4 Å². The number of cyclic esters (lactones) is 1. The Morgan fingerprint density at radius 1 is 1.21 bits per heavy atom. The quantitative estimate of drug-likeness (QED) is 0.603. The van der Waals surface area contributed by atoms with Crippen LogP contribution in [0.15, 0.2) is 59.5 Å². The number of piperidine rings is 1. The molecular weight excluding hydrogens is 418 g/mol. The molecule has 33 heavy (non-hydrogen) atoms. The summed E-state index contributed by atoms with van der Waals surface area (Å²) in [6.45, 7) is 5.06. The maximum absolute atomic E-state index is 11.8. The van der Waals surface area contributed by atoms with Crippen LogP contribution in [0.3, 0.4) is 0 Å². The van der Waals surface area contributed by atoms with Gasteiger partial charge >= 0.3 is 5.97 Å². The topological polar surface area (TPSA) is 112 Å². The predicted molar refractivity (Wildman–Crippen MR) is 124 cm³/mol. The van der Waals surface area contributed by atoms with Crippen molar-refractivity contribution in [1.29, 1.82) is 0 Å². The number of nitrogens with two attached hydrogens (primary N) is 1. The van der Waals surface area contributed by atoms with Crippen molar-refractivity contribution >= 4 is 17.4 Å². The number of hydrogen-bond donors (Lipinski definition) is 1. The molecule has 2 aliphatic rings. The monoisotopic (exact) mass is 443 g/mol. The number of ether oxygens (including phenoxy) is 1. The van der Waals surface area contributed by atoms with Gasteiger partial charge in [-0.2, -0.15) is 0 Å². The number of rotatable bonds is 5. The fourth-order valence-electron chi connectivity index (χ4n) is 4.37. The lowest BCUT2D eigenvalue weighted by molar-refractivity contribution is 0.0535. The lowest BCUT2D eigenvalue weighted by atomic mass is 9.96. The van der Waals surface area contributed by atoms with Gasteiger partial charge in [-0.25, -0.2) is 9.48 Å². The summed E-state index contributed by atoms with van der Waals surface area (Å²) in [6.07, 6.45) is 4.98. The van der Waals surface area contributed by atoms with Gasteiger partial charge < -0.3 is 10.5 Å². The summed E-state index contributed by atoms with van der Waals surface area (Å²) >= 11 is 0. The molecule has 0 unspecified atom stereocenters. The number of likely N-dealkylation sites (tertiary alicyclic amines) is 1. The summed E-state index contributed by atoms with van der Waals surface area (Å²) in [5.74, 6) is -0.217. The molecule has 0 atom stereocenters. The average Bonchev–Trinajstić information content (AvgIpc) is 3.51. The van der Waals surface area contributed by atoms with Crippen LogP contribution >= 0.6 is 0 Å². The third kappa shape index (κ3) is 4.27. The fraction of sp³-hybridized carbons (Fsp3) is 0.292. The van der Waals surface area contributed by atoms with E-state index in [0.29, 0.717) is 12.2 Å². The van der Waals surface area contributed by atoms with E-state index in [4.69, 9.17) is 15.5 Å². The Balaban J connectivity index is 1.23. The normalized spacial score (nSPS) is 18.6. The van der Waals surface area contributed by atoms with Gasteiger partial charge in [0, 0.05) is 49.1 Å². The second-order valence-corrected chi connectivity index (χ2v) is 8.25. The second-order valence-electron chi connectivity index (χ2n) is 8.25. The van der Waals surface area contributed by atoms with Gasteiger partial charge in [0.15, 0.2) is 0 Å². The summed E-state index contributed by atoms with van der Waals surface area (Å²) in [4.78, 5) is 19.0. The number of nitrogens with zero attached hydrogens (tertiary/aromatic N) is 6. The molecule has 3 aromatic rings. The Morgan fingerprint density at radius 2 is 2.06 bits per heavy atom. The van der Waals surface area contributed by atoms with Gasteiger partial charge in [0.2, 0.25) is 0 Å². The molecule has 0 aliphatic carbocycles. The average molecular weight is 444 g/mol. The van der Waals surface area contributed by atoms with Crippen LogP contribution in [0.25, 0.3) is 5.69 Å². The largest absolute Gasteiger partial charge is 0.457 e. The van der Waals surface area contributed by atoms with Crippen LogP contribution in [0.4, 0.5) is 5.69 Å². The van der Waals surface area contributed by atoms with Crippen LogP contribution in [0.5, 0.6) is 0 Å². The Kier molecular flexibility index (Phi) is 5.70. The van der Waals surface area contributed by atoms with Crippen molar-refractivity contribution in [1.82, 2.24) is 25.1 Å². The summed E-state index contributed by atoms with van der Waals surface area (Å²) in [5, 5.41) is 11.2. The Hall–Kier alpha value is -3.85. The predicted octanol–water partition coefficient (Wildman–Crippen LogP) is 2.50. The summed E-state index contributed by atoms with van der Waals surface area (Å²) in [5.41, 5.74) is 13.9. The summed E-state index contributed by atoms with van der Waals surface area (Å²) in [7, 11) is 0. The Morgan fingerprint density at radius 3 is 2.82 bits per heavy atom. The molecule has 5 rings (SSSR count). The highest BCUT2D eigenvalue weighted by atomic mass is 16.5. The molecule has 0 bridgehead atoms. The highest BCUT2D eigenvalue weighted by Gasteiger charge is 2.24. The highest BCUT2D eigenvalue weighted by Crippen LogP contribution is 2.27. The number of aliphatic imine (C=N–C) groups is 1. The molecule has 1 saturated heterocycles. The van der Waals surface area contributed by atoms with Crippen molar-refractivity contribution in [2.45, 2.75) is 26.4 Å². The molecule has 9 nitrogen and oxygen atoms in total. The van der Waals surface area contributed by atoms with E-state index in [0.717, 1.165) is 66.3 Å². The van der Waals surface area contributed by atoms with Crippen LogP contribution in [-0.2, 0) is 17.8 Å². The number of benzene rings is 2. The van der Waals surface area contributed by atoms with E-state index in [9.17, 15) is 4.79 Å². The van der Waals surface area contributed by atoms with E-state index >= 15 is 0 Å². The summed E-state index contributed by atoms with van der Waals surface area (Å²) < 4.78 is 6.78. The molecule has 1 fully saturated rings. The minimum absolute atomic E-state index is 0.217. The van der Waals surface area contributed by atoms with Crippen LogP contribution in [0.2, 0.25) is 0 Å². The van der Waals surface area contributed by atoms with Crippen molar-refractivity contribution in [3.8, 4) is 5.69 Å². The van der Waals surface area contributed by atoms with Gasteiger partial charge in [0.25, 0.3) is 0 Å². The van der Waals surface area contributed by atoms with E-state index in [1.165, 1.54) is 5.56 Å². The number of fused-ring (bicyclic) bond motifs is 1. The first-order chi connectivity index (χ1) is 16.1. The molecule has 1 aromatic heterocycles. The first kappa shape index (κ1) is 21.0. The zero-order chi connectivity index (χ0) is 22.8. The van der Waals surface area contributed by atoms with Gasteiger partial charge in [-0.05, 0) is 65.2 Å². The molecule has 2 aliphatic heterocycles. The second kappa shape index (κ2) is 8.95. The van der Waals surface area contributed by atoms with Crippen LogP contribution in [-0.4, -0.2) is 56.4 Å². The number of carbonyl (C=O) groups excluding carboxylic acids is 1. The maximum Gasteiger partial charge on any atom is 0.338 e. The zero-order valence-corrected chi connectivity index (χ0v) is 18.4. The van der Waals surface area contributed by atoms with E-state index in [1.807, 2.05) is 30.3 Å². The van der Waals surface area contributed by atoms with Crippen LogP contribution in [0, 0.1) is 6.92 Å². The Bertz CT molecular complexity index is 1230. The van der Waals surface area contributed by atoms with Gasteiger partial charge in [-0.15, -0.1) is 5.10 Å². The van der Waals surface area contributed by atoms with E-state index in [-0.39, 0.29) is 5.97 Å². The molecule has 0 amide bonds. The van der Waals surface area contributed by atoms with Crippen molar-refractivity contribution in [2.24, 2.45) is 10.7 Å². The molecule has 0 saturated carbocycles. The lowest BCUT2D eigenvalue weighted by Gasteiger charge is -2.29. The smallest absolute Gasteiger partial charge is 0.338 e. The third-order valence-corrected chi connectivity index (χ3v) is 6.33. The van der Waals surface area contributed by atoms with Crippen molar-refractivity contribution in [3.63, 3.8) is 0 Å². The van der Waals surface area contributed by atoms with Crippen molar-refractivity contribution in [2.75, 3.05) is 19.6 Å². The number of tetrazole rings is 1. The van der Waals surface area contributed by atoms with Crippen molar-refractivity contribution in [3.05, 3.63) is 76.8 Å². The molecule has 3 heterocycles. The first-order valence-corrected chi connectivity index (χ1v) is 11.0. The first-order valence-electron chi connectivity index (χ1n) is 11.0. The minimum atomic E-state index is -0.217. The van der Waals surface area contributed by atoms with E-state index < -0.39 is 0 Å². The molecule has 0 spiro atoms. The molecule has 9 heteroatoms. The van der Waals surface area contributed by atoms with Gasteiger partial charge in [0.1, 0.15) is 12.9 Å². The number of carbonyl (C=O) groups is 1. The number of aromatic nitrogens is 4. The SMILES string of the molecule is Cc1c(CCN2CCC(=Nc3ccc(-n4cnnn4)cc3)C(=CN)C2)ccc2c1COC2=O. The molecular formula is C24H25N7O2. The molecule has 168 valence electrons. The standard InChI is InChI=1S/C24H25N7O2/c1-16-17(2-7-21-22(16)14-33-24(21)32)8-10-30-11-9-23(18(12-25)13-30)27-19-3-5-20(6-4-19)31-15-26-28-29-31/h2-7,12,15H,8-11,13-14,25H2,1H3. The van der Waals surface area contributed by atoms with Gasteiger partial charge in [-0.3, -0.25) is 9.89 Å². The molecule has 2 N–H and O–H groups in total. The fourth-order valence-corrected chi connectivity index (χ4v) is 4.37. The van der Waals surface area contributed by atoms with E-state index in [1.54, 1.807) is 17.2 Å². The summed E-state index contributed by atoms with van der Waals surface area (Å²) in [6, 6.07) is 11.7. The van der Waals surface area contributed by atoms with Gasteiger partial charge in [-0.1, -0.05) is 6.07 Å². The molecule has 2 aromatic carbocycles. The van der Waals surface area contributed by atoms with Gasteiger partial charge in [0.05, 0.1) is 16.9 Å². The minimum Gasteiger partial charge on any atom is -0.457 e. The molecule has 0 radical (unpaired) electrons. The highest BCUT2D eigenvalue weighted by molar-refractivity contribution is 6.02. The lowest BCUT2D eigenvalue weighted by Crippen LogP contribution is -2.37. The Labute approximate surface area is 191 Å².